The first kappa shape index (κ1) is 13.0. The number of fused-ring (bicyclic) bond motifs is 1. The van der Waals surface area contributed by atoms with E-state index in [1.807, 2.05) is 11.8 Å². The van der Waals surface area contributed by atoms with Gasteiger partial charge < -0.3 is 9.32 Å². The fraction of sp³-hybridized carbons (Fsp3) is 0.429. The average Bonchev–Trinajstić information content (AvgIpc) is 2.89. The molecule has 0 saturated heterocycles. The van der Waals surface area contributed by atoms with Crippen LogP contribution < -0.4 is 4.90 Å². The zero-order valence-electron chi connectivity index (χ0n) is 11.2. The van der Waals surface area contributed by atoms with Crippen molar-refractivity contribution in [3.05, 3.63) is 41.1 Å². The Labute approximate surface area is 115 Å². The number of aromatic nitrogens is 2. The van der Waals surface area contributed by atoms with Crippen LogP contribution in [0.15, 0.2) is 16.5 Å². The number of halogens is 2. The van der Waals surface area contributed by atoms with Crippen molar-refractivity contribution in [2.45, 2.75) is 32.7 Å². The van der Waals surface area contributed by atoms with E-state index in [0.29, 0.717) is 30.4 Å². The lowest BCUT2D eigenvalue weighted by Crippen LogP contribution is -2.29. The lowest BCUT2D eigenvalue weighted by molar-refractivity contribution is 0.446. The number of rotatable bonds is 3. The van der Waals surface area contributed by atoms with E-state index in [9.17, 15) is 8.78 Å². The topological polar surface area (TPSA) is 42.2 Å². The Morgan fingerprint density at radius 3 is 2.70 bits per heavy atom. The minimum atomic E-state index is -0.824. The molecule has 1 aromatic carbocycles. The molecule has 2 heterocycles. The first-order valence-electron chi connectivity index (χ1n) is 6.71. The van der Waals surface area contributed by atoms with Crippen molar-refractivity contribution >= 4 is 5.69 Å². The molecule has 0 fully saturated rings. The summed E-state index contributed by atoms with van der Waals surface area (Å²) in [6.45, 7) is 3.12. The van der Waals surface area contributed by atoms with Gasteiger partial charge in [0.15, 0.2) is 11.6 Å². The number of aryl methyl sites for hydroxylation is 2. The fourth-order valence-electron chi connectivity index (χ4n) is 2.48. The molecule has 0 spiro atoms. The molecular formula is C14H15F2N3O. The van der Waals surface area contributed by atoms with Crippen LogP contribution in [0.2, 0.25) is 0 Å². The zero-order valence-corrected chi connectivity index (χ0v) is 11.2. The predicted molar refractivity (Wildman–Crippen MR) is 69.4 cm³/mol. The van der Waals surface area contributed by atoms with Gasteiger partial charge in [-0.1, -0.05) is 6.92 Å². The van der Waals surface area contributed by atoms with Gasteiger partial charge in [0, 0.05) is 24.7 Å². The third-order valence-electron chi connectivity index (χ3n) is 3.47. The molecule has 20 heavy (non-hydrogen) atoms. The number of benzene rings is 1. The first-order chi connectivity index (χ1) is 9.67. The van der Waals surface area contributed by atoms with Gasteiger partial charge in [-0.3, -0.25) is 0 Å². The van der Waals surface area contributed by atoms with Crippen LogP contribution in [-0.4, -0.2) is 16.7 Å². The van der Waals surface area contributed by atoms with Crippen LogP contribution in [0.1, 0.15) is 30.7 Å². The minimum absolute atomic E-state index is 0.422. The van der Waals surface area contributed by atoms with E-state index >= 15 is 0 Å². The molecule has 0 atom stereocenters. The van der Waals surface area contributed by atoms with Crippen LogP contribution in [-0.2, 0) is 19.4 Å². The molecule has 0 saturated carbocycles. The Morgan fingerprint density at radius 1 is 1.20 bits per heavy atom. The van der Waals surface area contributed by atoms with Gasteiger partial charge in [-0.2, -0.15) is 0 Å². The molecule has 6 heteroatoms. The Balaban J connectivity index is 1.87. The highest BCUT2D eigenvalue weighted by atomic mass is 19.2. The molecule has 0 radical (unpaired) electrons. The molecule has 106 valence electrons. The Bertz CT molecular complexity index is 627. The van der Waals surface area contributed by atoms with Gasteiger partial charge in [-0.15, -0.1) is 10.2 Å². The summed E-state index contributed by atoms with van der Waals surface area (Å²) in [5, 5.41) is 7.88. The van der Waals surface area contributed by atoms with Gasteiger partial charge in [0.25, 0.3) is 0 Å². The summed E-state index contributed by atoms with van der Waals surface area (Å²) in [5.74, 6) is -0.533. The molecule has 1 aromatic heterocycles. The highest BCUT2D eigenvalue weighted by Gasteiger charge is 2.21. The van der Waals surface area contributed by atoms with Crippen molar-refractivity contribution in [3.8, 4) is 0 Å². The van der Waals surface area contributed by atoms with Crippen LogP contribution in [0.3, 0.4) is 0 Å². The van der Waals surface area contributed by atoms with Crippen LogP contribution in [0.5, 0.6) is 0 Å². The van der Waals surface area contributed by atoms with Crippen LogP contribution in [0, 0.1) is 11.6 Å². The number of anilines is 1. The Kier molecular flexibility index (Phi) is 3.38. The zero-order chi connectivity index (χ0) is 14.1. The Hall–Kier alpha value is -1.98. The molecule has 2 aromatic rings. The van der Waals surface area contributed by atoms with E-state index in [2.05, 4.69) is 10.2 Å². The van der Waals surface area contributed by atoms with E-state index in [1.54, 1.807) is 0 Å². The van der Waals surface area contributed by atoms with E-state index in [-0.39, 0.29) is 0 Å². The van der Waals surface area contributed by atoms with Gasteiger partial charge in [0.2, 0.25) is 11.8 Å². The molecule has 0 unspecified atom stereocenters. The largest absolute Gasteiger partial charge is 0.423 e. The minimum Gasteiger partial charge on any atom is -0.423 e. The van der Waals surface area contributed by atoms with Gasteiger partial charge in [-0.05, 0) is 24.5 Å². The smallest absolute Gasteiger partial charge is 0.235 e. The molecule has 0 bridgehead atoms. The van der Waals surface area contributed by atoms with Gasteiger partial charge >= 0.3 is 0 Å². The lowest BCUT2D eigenvalue weighted by atomic mass is 10.0. The maximum atomic E-state index is 13.4. The van der Waals surface area contributed by atoms with Crippen molar-refractivity contribution < 1.29 is 13.2 Å². The van der Waals surface area contributed by atoms with Crippen molar-refractivity contribution in [3.63, 3.8) is 0 Å². The lowest BCUT2D eigenvalue weighted by Gasteiger charge is -2.30. The molecule has 0 aliphatic carbocycles. The molecule has 0 N–H and O–H groups in total. The molecule has 4 nitrogen and oxygen atoms in total. The summed E-state index contributed by atoms with van der Waals surface area (Å²) < 4.78 is 32.2. The predicted octanol–water partition coefficient (Wildman–Crippen LogP) is 2.86. The van der Waals surface area contributed by atoms with Crippen molar-refractivity contribution in [2.75, 3.05) is 11.4 Å². The highest BCUT2D eigenvalue weighted by molar-refractivity contribution is 5.55. The summed E-state index contributed by atoms with van der Waals surface area (Å²) in [7, 11) is 0. The fourth-order valence-corrected chi connectivity index (χ4v) is 2.48. The first-order valence-corrected chi connectivity index (χ1v) is 6.71. The summed E-state index contributed by atoms with van der Waals surface area (Å²) in [6.07, 6.45) is 2.34. The average molecular weight is 279 g/mol. The van der Waals surface area contributed by atoms with Crippen molar-refractivity contribution in [2.24, 2.45) is 0 Å². The van der Waals surface area contributed by atoms with E-state index in [1.165, 1.54) is 12.1 Å². The van der Waals surface area contributed by atoms with Crippen molar-refractivity contribution in [1.29, 1.82) is 0 Å². The molecule has 1 aliphatic heterocycles. The summed E-state index contributed by atoms with van der Waals surface area (Å²) in [5.41, 5.74) is 1.54. The second-order valence-corrected chi connectivity index (χ2v) is 4.86. The third kappa shape index (κ3) is 2.37. The monoisotopic (exact) mass is 279 g/mol. The van der Waals surface area contributed by atoms with Crippen LogP contribution >= 0.6 is 0 Å². The second kappa shape index (κ2) is 5.19. The molecule has 0 amide bonds. The van der Waals surface area contributed by atoms with Crippen LogP contribution in [0.4, 0.5) is 14.5 Å². The summed E-state index contributed by atoms with van der Waals surface area (Å²) in [6, 6.07) is 2.53. The second-order valence-electron chi connectivity index (χ2n) is 4.86. The van der Waals surface area contributed by atoms with Gasteiger partial charge in [-0.25, -0.2) is 8.78 Å². The molecule has 3 rings (SSSR count). The number of hydrogen-bond donors (Lipinski definition) is 0. The normalized spacial score (nSPS) is 14.4. The Morgan fingerprint density at radius 2 is 1.95 bits per heavy atom. The maximum Gasteiger partial charge on any atom is 0.235 e. The summed E-state index contributed by atoms with van der Waals surface area (Å²) >= 11 is 0. The van der Waals surface area contributed by atoms with Crippen LogP contribution in [0.25, 0.3) is 0 Å². The van der Waals surface area contributed by atoms with Crippen molar-refractivity contribution in [1.82, 2.24) is 10.2 Å². The summed E-state index contributed by atoms with van der Waals surface area (Å²) in [4.78, 5) is 1.95. The number of nitrogens with zero attached hydrogens (tertiary/aromatic N) is 3. The quantitative estimate of drug-likeness (QED) is 0.866. The highest BCUT2D eigenvalue weighted by Crippen LogP contribution is 2.30. The SMILES string of the molecule is CCc1nnc(CN2CCCc3cc(F)c(F)cc32)o1. The van der Waals surface area contributed by atoms with E-state index < -0.39 is 11.6 Å². The maximum absolute atomic E-state index is 13.4. The standard InChI is InChI=1S/C14H15F2N3O/c1-2-13-17-18-14(20-13)8-19-5-3-4-9-6-10(15)11(16)7-12(9)19/h6-7H,2-5,8H2,1H3. The van der Waals surface area contributed by atoms with Gasteiger partial charge in [0.05, 0.1) is 6.54 Å². The molecule has 1 aliphatic rings. The number of hydrogen-bond acceptors (Lipinski definition) is 4. The van der Waals surface area contributed by atoms with Gasteiger partial charge in [0.1, 0.15) is 0 Å². The third-order valence-corrected chi connectivity index (χ3v) is 3.47. The van der Waals surface area contributed by atoms with E-state index in [4.69, 9.17) is 4.42 Å². The van der Waals surface area contributed by atoms with E-state index in [0.717, 1.165) is 24.9 Å². The molecular weight excluding hydrogens is 264 g/mol.